The number of aliphatic carboxylic acids is 1. The van der Waals surface area contributed by atoms with E-state index in [1.807, 2.05) is 13.8 Å². The summed E-state index contributed by atoms with van der Waals surface area (Å²) in [5.74, 6) is -0.860. The van der Waals surface area contributed by atoms with E-state index in [-0.39, 0.29) is 12.3 Å². The first kappa shape index (κ1) is 15.1. The molecule has 1 aromatic rings. The van der Waals surface area contributed by atoms with E-state index in [1.165, 1.54) is 6.20 Å². The topological polar surface area (TPSA) is 105 Å². The summed E-state index contributed by atoms with van der Waals surface area (Å²) in [5.41, 5.74) is 6.71. The van der Waals surface area contributed by atoms with E-state index >= 15 is 0 Å². The van der Waals surface area contributed by atoms with Gasteiger partial charge in [-0.1, -0.05) is 13.8 Å². The minimum absolute atomic E-state index is 0.138. The molecule has 0 aromatic carbocycles. The largest absolute Gasteiger partial charge is 0.481 e. The molecular formula is C13H19N3O3. The van der Waals surface area contributed by atoms with Crippen LogP contribution in [0.15, 0.2) is 18.3 Å². The van der Waals surface area contributed by atoms with Gasteiger partial charge in [0.2, 0.25) is 5.91 Å². The van der Waals surface area contributed by atoms with Crippen LogP contribution in [0.3, 0.4) is 0 Å². The van der Waals surface area contributed by atoms with Gasteiger partial charge in [-0.3, -0.25) is 14.6 Å². The Morgan fingerprint density at radius 2 is 2.11 bits per heavy atom. The molecule has 0 aliphatic carbocycles. The van der Waals surface area contributed by atoms with Crippen molar-refractivity contribution in [2.75, 3.05) is 5.32 Å². The van der Waals surface area contributed by atoms with Gasteiger partial charge in [0.1, 0.15) is 0 Å². The molecule has 19 heavy (non-hydrogen) atoms. The highest BCUT2D eigenvalue weighted by molar-refractivity contribution is 5.94. The van der Waals surface area contributed by atoms with Gasteiger partial charge < -0.3 is 16.2 Å². The minimum atomic E-state index is -0.941. The molecule has 0 saturated heterocycles. The lowest BCUT2D eigenvalue weighted by Crippen LogP contribution is -2.36. The average molecular weight is 265 g/mol. The fourth-order valence-electron chi connectivity index (χ4n) is 1.61. The van der Waals surface area contributed by atoms with Crippen molar-refractivity contribution < 1.29 is 14.7 Å². The minimum Gasteiger partial charge on any atom is -0.481 e. The summed E-state index contributed by atoms with van der Waals surface area (Å²) in [6.45, 7) is 3.99. The third kappa shape index (κ3) is 5.48. The van der Waals surface area contributed by atoms with Crippen molar-refractivity contribution in [1.82, 2.24) is 4.98 Å². The Balaban J connectivity index is 2.57. The smallest absolute Gasteiger partial charge is 0.309 e. The zero-order chi connectivity index (χ0) is 14.4. The van der Waals surface area contributed by atoms with Gasteiger partial charge in [-0.25, -0.2) is 0 Å². The van der Waals surface area contributed by atoms with Gasteiger partial charge in [-0.15, -0.1) is 0 Å². The lowest BCUT2D eigenvalue weighted by molar-refractivity contribution is -0.136. The molecule has 1 amide bonds. The van der Waals surface area contributed by atoms with Gasteiger partial charge in [-0.2, -0.15) is 0 Å². The van der Waals surface area contributed by atoms with E-state index in [4.69, 9.17) is 10.8 Å². The molecule has 6 nitrogen and oxygen atoms in total. The molecule has 0 unspecified atom stereocenters. The van der Waals surface area contributed by atoms with Crippen LogP contribution in [0.5, 0.6) is 0 Å². The zero-order valence-electron chi connectivity index (χ0n) is 11.1. The predicted molar refractivity (Wildman–Crippen MR) is 71.6 cm³/mol. The predicted octanol–water partition coefficient (Wildman–Crippen LogP) is 1.02. The fraction of sp³-hybridized carbons (Fsp3) is 0.462. The second-order valence-corrected chi connectivity index (χ2v) is 4.83. The van der Waals surface area contributed by atoms with Crippen LogP contribution in [0.2, 0.25) is 0 Å². The molecule has 104 valence electrons. The number of anilines is 1. The van der Waals surface area contributed by atoms with E-state index in [1.54, 1.807) is 12.1 Å². The SMILES string of the molecule is CC(C)C[C@@H](N)C(=O)Nc1ccc(CC(=O)O)nc1. The molecule has 0 radical (unpaired) electrons. The Labute approximate surface area is 112 Å². The number of carboxylic acid groups (broad SMARTS) is 1. The summed E-state index contributed by atoms with van der Waals surface area (Å²) in [7, 11) is 0. The summed E-state index contributed by atoms with van der Waals surface area (Å²) in [6.07, 6.45) is 1.90. The van der Waals surface area contributed by atoms with Gasteiger partial charge in [0.05, 0.1) is 30.0 Å². The van der Waals surface area contributed by atoms with Gasteiger partial charge in [-0.05, 0) is 24.5 Å². The Kier molecular flexibility index (Phi) is 5.44. The van der Waals surface area contributed by atoms with Crippen LogP contribution >= 0.6 is 0 Å². The average Bonchev–Trinajstić information content (AvgIpc) is 2.30. The molecular weight excluding hydrogens is 246 g/mol. The first-order chi connectivity index (χ1) is 8.88. The van der Waals surface area contributed by atoms with Gasteiger partial charge in [0, 0.05) is 0 Å². The molecule has 1 rings (SSSR count). The summed E-state index contributed by atoms with van der Waals surface area (Å²) in [5, 5.41) is 11.3. The maximum absolute atomic E-state index is 11.8. The van der Waals surface area contributed by atoms with E-state index < -0.39 is 12.0 Å². The number of carboxylic acids is 1. The molecule has 0 bridgehead atoms. The number of pyridine rings is 1. The summed E-state index contributed by atoms with van der Waals surface area (Å²) < 4.78 is 0. The number of carbonyl (C=O) groups is 2. The Morgan fingerprint density at radius 1 is 1.42 bits per heavy atom. The number of nitrogens with two attached hydrogens (primary N) is 1. The van der Waals surface area contributed by atoms with Gasteiger partial charge in [0.15, 0.2) is 0 Å². The van der Waals surface area contributed by atoms with Crippen molar-refractivity contribution in [3.05, 3.63) is 24.0 Å². The van der Waals surface area contributed by atoms with E-state index in [2.05, 4.69) is 10.3 Å². The van der Waals surface area contributed by atoms with Crippen LogP contribution in [0.4, 0.5) is 5.69 Å². The fourth-order valence-corrected chi connectivity index (χ4v) is 1.61. The van der Waals surface area contributed by atoms with Crippen LogP contribution in [-0.2, 0) is 16.0 Å². The normalized spacial score (nSPS) is 12.2. The molecule has 1 aromatic heterocycles. The van der Waals surface area contributed by atoms with Crippen molar-refractivity contribution in [3.63, 3.8) is 0 Å². The summed E-state index contributed by atoms with van der Waals surface area (Å²) in [6, 6.07) is 2.63. The molecule has 0 aliphatic heterocycles. The molecule has 6 heteroatoms. The molecule has 1 heterocycles. The van der Waals surface area contributed by atoms with Gasteiger partial charge >= 0.3 is 5.97 Å². The van der Waals surface area contributed by atoms with E-state index in [0.717, 1.165) is 0 Å². The first-order valence-corrected chi connectivity index (χ1v) is 6.11. The third-order valence-electron chi connectivity index (χ3n) is 2.49. The van der Waals surface area contributed by atoms with Gasteiger partial charge in [0.25, 0.3) is 0 Å². The van der Waals surface area contributed by atoms with Crippen LogP contribution in [0.1, 0.15) is 26.0 Å². The third-order valence-corrected chi connectivity index (χ3v) is 2.49. The Bertz CT molecular complexity index is 443. The maximum atomic E-state index is 11.8. The van der Waals surface area contributed by atoms with E-state index in [0.29, 0.717) is 23.7 Å². The number of nitrogens with one attached hydrogen (secondary N) is 1. The maximum Gasteiger partial charge on any atom is 0.309 e. The lowest BCUT2D eigenvalue weighted by atomic mass is 10.0. The number of amides is 1. The molecule has 1 atom stereocenters. The van der Waals surface area contributed by atoms with Crippen molar-refractivity contribution in [1.29, 1.82) is 0 Å². The number of rotatable bonds is 6. The second kappa shape index (κ2) is 6.84. The standard InChI is InChI=1S/C13H19N3O3/c1-8(2)5-11(14)13(19)16-10-4-3-9(15-7-10)6-12(17)18/h3-4,7-8,11H,5-6,14H2,1-2H3,(H,16,19)(H,17,18)/t11-/m1/s1. The zero-order valence-corrected chi connectivity index (χ0v) is 11.1. The second-order valence-electron chi connectivity index (χ2n) is 4.83. The van der Waals surface area contributed by atoms with E-state index in [9.17, 15) is 9.59 Å². The van der Waals surface area contributed by atoms with Crippen LogP contribution in [0.25, 0.3) is 0 Å². The summed E-state index contributed by atoms with van der Waals surface area (Å²) in [4.78, 5) is 26.2. The van der Waals surface area contributed by atoms with Crippen molar-refractivity contribution in [2.24, 2.45) is 11.7 Å². The van der Waals surface area contributed by atoms with Crippen LogP contribution in [0, 0.1) is 5.92 Å². The highest BCUT2D eigenvalue weighted by atomic mass is 16.4. The monoisotopic (exact) mass is 265 g/mol. The molecule has 0 aliphatic rings. The quantitative estimate of drug-likeness (QED) is 0.712. The van der Waals surface area contributed by atoms with Crippen LogP contribution < -0.4 is 11.1 Å². The van der Waals surface area contributed by atoms with Crippen molar-refractivity contribution >= 4 is 17.6 Å². The number of nitrogens with zero attached hydrogens (tertiary/aromatic N) is 1. The highest BCUT2D eigenvalue weighted by Gasteiger charge is 2.15. The van der Waals surface area contributed by atoms with Crippen molar-refractivity contribution in [3.8, 4) is 0 Å². The number of carbonyl (C=O) groups excluding carboxylic acids is 1. The first-order valence-electron chi connectivity index (χ1n) is 6.11. The number of hydrogen-bond acceptors (Lipinski definition) is 4. The van der Waals surface area contributed by atoms with Crippen molar-refractivity contribution in [2.45, 2.75) is 32.7 Å². The number of aromatic nitrogens is 1. The molecule has 0 spiro atoms. The summed E-state index contributed by atoms with van der Waals surface area (Å²) >= 11 is 0. The molecule has 0 saturated carbocycles. The molecule has 4 N–H and O–H groups in total. The number of hydrogen-bond donors (Lipinski definition) is 3. The molecule has 0 fully saturated rings. The highest BCUT2D eigenvalue weighted by Crippen LogP contribution is 2.09. The van der Waals surface area contributed by atoms with Crippen LogP contribution in [-0.4, -0.2) is 28.0 Å². The lowest BCUT2D eigenvalue weighted by Gasteiger charge is -2.14. The Morgan fingerprint density at radius 3 is 2.58 bits per heavy atom. The Hall–Kier alpha value is -1.95.